The fourth-order valence-electron chi connectivity index (χ4n) is 2.85. The van der Waals surface area contributed by atoms with Crippen LogP contribution in [0.4, 0.5) is 5.69 Å². The van der Waals surface area contributed by atoms with E-state index < -0.39 is 0 Å². The normalized spacial score (nSPS) is 11.2. The standard InChI is InChI=1S/C19H15NO/c20-17-10-3-1-6-13(17)12-14-7-5-9-16-15-8-2-4-11-18(15)21-19(14)16/h1-11H,12,20H2. The van der Waals surface area contributed by atoms with Crippen molar-refractivity contribution in [3.05, 3.63) is 77.9 Å². The van der Waals surface area contributed by atoms with E-state index in [-0.39, 0.29) is 0 Å². The first-order chi connectivity index (χ1) is 10.3. The van der Waals surface area contributed by atoms with Gasteiger partial charge in [0.2, 0.25) is 0 Å². The first kappa shape index (κ1) is 12.0. The molecule has 0 aliphatic carbocycles. The first-order valence-corrected chi connectivity index (χ1v) is 7.05. The molecule has 102 valence electrons. The summed E-state index contributed by atoms with van der Waals surface area (Å²) in [6.45, 7) is 0. The molecule has 4 rings (SSSR count). The van der Waals surface area contributed by atoms with Crippen LogP contribution in [0.2, 0.25) is 0 Å². The second kappa shape index (κ2) is 4.67. The maximum atomic E-state index is 6.06. The van der Waals surface area contributed by atoms with E-state index in [0.29, 0.717) is 0 Å². The number of hydrogen-bond donors (Lipinski definition) is 1. The molecule has 2 heteroatoms. The minimum absolute atomic E-state index is 0.782. The molecule has 0 atom stereocenters. The highest BCUT2D eigenvalue weighted by Gasteiger charge is 2.11. The zero-order chi connectivity index (χ0) is 14.2. The van der Waals surface area contributed by atoms with Crippen LogP contribution in [-0.4, -0.2) is 0 Å². The summed E-state index contributed by atoms with van der Waals surface area (Å²) in [5.74, 6) is 0. The van der Waals surface area contributed by atoms with Gasteiger partial charge in [0.05, 0.1) is 0 Å². The molecule has 1 aromatic heterocycles. The highest BCUT2D eigenvalue weighted by atomic mass is 16.3. The van der Waals surface area contributed by atoms with Crippen LogP contribution >= 0.6 is 0 Å². The van der Waals surface area contributed by atoms with Crippen LogP contribution in [0.1, 0.15) is 11.1 Å². The Morgan fingerprint density at radius 1 is 0.714 bits per heavy atom. The Hall–Kier alpha value is -2.74. The van der Waals surface area contributed by atoms with Crippen LogP contribution in [0.25, 0.3) is 21.9 Å². The molecule has 0 aliphatic heterocycles. The maximum Gasteiger partial charge on any atom is 0.138 e. The zero-order valence-electron chi connectivity index (χ0n) is 11.5. The van der Waals surface area contributed by atoms with E-state index >= 15 is 0 Å². The van der Waals surface area contributed by atoms with Gasteiger partial charge in [-0.1, -0.05) is 54.6 Å². The molecule has 0 spiro atoms. The average molecular weight is 273 g/mol. The van der Waals surface area contributed by atoms with Gasteiger partial charge in [-0.15, -0.1) is 0 Å². The summed E-state index contributed by atoms with van der Waals surface area (Å²) in [6.07, 6.45) is 0.782. The molecule has 0 aliphatic rings. The summed E-state index contributed by atoms with van der Waals surface area (Å²) in [4.78, 5) is 0. The quantitative estimate of drug-likeness (QED) is 0.535. The fraction of sp³-hybridized carbons (Fsp3) is 0.0526. The Morgan fingerprint density at radius 2 is 1.43 bits per heavy atom. The lowest BCUT2D eigenvalue weighted by Crippen LogP contribution is -1.95. The molecule has 0 radical (unpaired) electrons. The van der Waals surface area contributed by atoms with E-state index in [1.54, 1.807) is 0 Å². The van der Waals surface area contributed by atoms with E-state index in [2.05, 4.69) is 30.3 Å². The van der Waals surface area contributed by atoms with Crippen molar-refractivity contribution in [1.29, 1.82) is 0 Å². The fourth-order valence-corrected chi connectivity index (χ4v) is 2.85. The van der Waals surface area contributed by atoms with E-state index in [1.165, 1.54) is 5.56 Å². The predicted octanol–water partition coefficient (Wildman–Crippen LogP) is 4.76. The van der Waals surface area contributed by atoms with Crippen molar-refractivity contribution in [2.45, 2.75) is 6.42 Å². The molecule has 21 heavy (non-hydrogen) atoms. The molecule has 0 bridgehead atoms. The second-order valence-corrected chi connectivity index (χ2v) is 5.27. The van der Waals surface area contributed by atoms with Crippen molar-refractivity contribution < 1.29 is 4.42 Å². The number of fused-ring (bicyclic) bond motifs is 3. The summed E-state index contributed by atoms with van der Waals surface area (Å²) in [5.41, 5.74) is 11.1. The number of hydrogen-bond acceptors (Lipinski definition) is 2. The van der Waals surface area contributed by atoms with E-state index in [1.807, 2.05) is 36.4 Å². The van der Waals surface area contributed by atoms with Crippen LogP contribution in [0, 0.1) is 0 Å². The van der Waals surface area contributed by atoms with Gasteiger partial charge in [0, 0.05) is 22.9 Å². The van der Waals surface area contributed by atoms with Gasteiger partial charge in [-0.25, -0.2) is 0 Å². The van der Waals surface area contributed by atoms with Gasteiger partial charge in [-0.3, -0.25) is 0 Å². The van der Waals surface area contributed by atoms with Crippen LogP contribution < -0.4 is 5.73 Å². The summed E-state index contributed by atoms with van der Waals surface area (Å²) in [7, 11) is 0. The number of rotatable bonds is 2. The second-order valence-electron chi connectivity index (χ2n) is 5.27. The Bertz CT molecular complexity index is 937. The molecule has 3 aromatic carbocycles. The zero-order valence-corrected chi connectivity index (χ0v) is 11.5. The first-order valence-electron chi connectivity index (χ1n) is 7.05. The number of anilines is 1. The van der Waals surface area contributed by atoms with Gasteiger partial charge >= 0.3 is 0 Å². The van der Waals surface area contributed by atoms with Crippen molar-refractivity contribution in [1.82, 2.24) is 0 Å². The average Bonchev–Trinajstić information content (AvgIpc) is 2.89. The van der Waals surface area contributed by atoms with Gasteiger partial charge in [-0.05, 0) is 23.3 Å². The Morgan fingerprint density at radius 3 is 2.33 bits per heavy atom. The molecule has 0 saturated heterocycles. The highest BCUT2D eigenvalue weighted by Crippen LogP contribution is 2.32. The molecule has 2 N–H and O–H groups in total. The summed E-state index contributed by atoms with van der Waals surface area (Å²) >= 11 is 0. The number of nitrogen functional groups attached to an aromatic ring is 1. The lowest BCUT2D eigenvalue weighted by molar-refractivity contribution is 0.664. The van der Waals surface area contributed by atoms with Crippen molar-refractivity contribution in [2.75, 3.05) is 5.73 Å². The van der Waals surface area contributed by atoms with Gasteiger partial charge < -0.3 is 10.2 Å². The summed E-state index contributed by atoms with van der Waals surface area (Å²) in [5, 5.41) is 2.33. The predicted molar refractivity (Wildman–Crippen MR) is 87.4 cm³/mol. The van der Waals surface area contributed by atoms with Gasteiger partial charge in [-0.2, -0.15) is 0 Å². The molecule has 0 amide bonds. The van der Waals surface area contributed by atoms with Crippen LogP contribution in [0.3, 0.4) is 0 Å². The van der Waals surface area contributed by atoms with Gasteiger partial charge in [0.15, 0.2) is 0 Å². The Balaban J connectivity index is 1.91. The number of furan rings is 1. The summed E-state index contributed by atoms with van der Waals surface area (Å²) < 4.78 is 6.05. The molecule has 4 aromatic rings. The SMILES string of the molecule is Nc1ccccc1Cc1cccc2c1oc1ccccc12. The third-order valence-electron chi connectivity index (χ3n) is 3.92. The largest absolute Gasteiger partial charge is 0.456 e. The molecule has 0 fully saturated rings. The van der Waals surface area contributed by atoms with Crippen molar-refractivity contribution in [3.8, 4) is 0 Å². The van der Waals surface area contributed by atoms with Crippen molar-refractivity contribution in [2.24, 2.45) is 0 Å². The monoisotopic (exact) mass is 273 g/mol. The number of benzene rings is 3. The molecule has 1 heterocycles. The lowest BCUT2D eigenvalue weighted by Gasteiger charge is -2.05. The minimum atomic E-state index is 0.782. The van der Waals surface area contributed by atoms with E-state index in [4.69, 9.17) is 10.2 Å². The topological polar surface area (TPSA) is 39.2 Å². The van der Waals surface area contributed by atoms with Crippen molar-refractivity contribution >= 4 is 27.6 Å². The molecule has 0 unspecified atom stereocenters. The van der Waals surface area contributed by atoms with Crippen LogP contribution in [-0.2, 0) is 6.42 Å². The number of nitrogens with two attached hydrogens (primary N) is 1. The Labute approximate surface area is 122 Å². The molecule has 0 saturated carbocycles. The van der Waals surface area contributed by atoms with Crippen LogP contribution in [0.15, 0.2) is 71.1 Å². The van der Waals surface area contributed by atoms with Crippen LogP contribution in [0.5, 0.6) is 0 Å². The van der Waals surface area contributed by atoms with Crippen molar-refractivity contribution in [3.63, 3.8) is 0 Å². The highest BCUT2D eigenvalue weighted by molar-refractivity contribution is 6.05. The third kappa shape index (κ3) is 1.96. The molecular weight excluding hydrogens is 258 g/mol. The lowest BCUT2D eigenvalue weighted by atomic mass is 10.0. The third-order valence-corrected chi connectivity index (χ3v) is 3.92. The van der Waals surface area contributed by atoms with E-state index in [9.17, 15) is 0 Å². The maximum absolute atomic E-state index is 6.06. The molecule has 2 nitrogen and oxygen atoms in total. The number of para-hydroxylation sites is 3. The van der Waals surface area contributed by atoms with Gasteiger partial charge in [0.1, 0.15) is 11.2 Å². The minimum Gasteiger partial charge on any atom is -0.456 e. The van der Waals surface area contributed by atoms with E-state index in [0.717, 1.165) is 39.6 Å². The Kier molecular flexibility index (Phi) is 2.68. The summed E-state index contributed by atoms with van der Waals surface area (Å²) in [6, 6.07) is 22.4. The molecular formula is C19H15NO. The van der Waals surface area contributed by atoms with Gasteiger partial charge in [0.25, 0.3) is 0 Å². The smallest absolute Gasteiger partial charge is 0.138 e.